The first-order valence-electron chi connectivity index (χ1n) is 6.57. The van der Waals surface area contributed by atoms with E-state index in [-0.39, 0.29) is 0 Å². The lowest BCUT2D eigenvalue weighted by atomic mass is 9.86. The molecule has 1 aromatic heterocycles. The molecular formula is C15H16BrN3. The molecule has 0 bridgehead atoms. The van der Waals surface area contributed by atoms with Crippen LogP contribution in [0.3, 0.4) is 0 Å². The number of halogens is 1. The van der Waals surface area contributed by atoms with Crippen LogP contribution in [0.5, 0.6) is 0 Å². The Bertz CT molecular complexity index is 608. The second-order valence-corrected chi connectivity index (χ2v) is 6.01. The van der Waals surface area contributed by atoms with E-state index < -0.39 is 0 Å². The van der Waals surface area contributed by atoms with Crippen molar-refractivity contribution in [3.63, 3.8) is 0 Å². The van der Waals surface area contributed by atoms with E-state index in [9.17, 15) is 0 Å². The largest absolute Gasteiger partial charge is 0.368 e. The zero-order valence-corrected chi connectivity index (χ0v) is 12.4. The van der Waals surface area contributed by atoms with Gasteiger partial charge < -0.3 is 5.73 Å². The summed E-state index contributed by atoms with van der Waals surface area (Å²) in [5, 5.41) is 0. The lowest BCUT2D eigenvalue weighted by Crippen LogP contribution is -2.14. The average molecular weight is 318 g/mol. The third-order valence-corrected chi connectivity index (χ3v) is 4.23. The van der Waals surface area contributed by atoms with Crippen molar-refractivity contribution < 1.29 is 0 Å². The fourth-order valence-electron chi connectivity index (χ4n) is 2.74. The monoisotopic (exact) mass is 317 g/mol. The van der Waals surface area contributed by atoms with Crippen LogP contribution in [0, 0.1) is 0 Å². The van der Waals surface area contributed by atoms with Gasteiger partial charge in [-0.05, 0) is 37.3 Å². The number of hydrogen-bond acceptors (Lipinski definition) is 3. The minimum atomic E-state index is 0.380. The van der Waals surface area contributed by atoms with Gasteiger partial charge in [-0.3, -0.25) is 0 Å². The predicted octanol–water partition coefficient (Wildman–Crippen LogP) is 3.93. The van der Waals surface area contributed by atoms with Crippen molar-refractivity contribution in [2.45, 2.75) is 32.1 Å². The molecule has 1 aliphatic rings. The van der Waals surface area contributed by atoms with Crippen molar-refractivity contribution in [3.8, 4) is 11.3 Å². The molecule has 1 atom stereocenters. The number of rotatable bonds is 1. The number of nitrogens with two attached hydrogens (primary N) is 1. The lowest BCUT2D eigenvalue weighted by molar-refractivity contribution is 0.572. The Balaban J connectivity index is 2.18. The smallest absolute Gasteiger partial charge is 0.220 e. The van der Waals surface area contributed by atoms with E-state index in [4.69, 9.17) is 5.73 Å². The van der Waals surface area contributed by atoms with Crippen LogP contribution >= 0.6 is 15.9 Å². The minimum Gasteiger partial charge on any atom is -0.368 e. The highest BCUT2D eigenvalue weighted by molar-refractivity contribution is 9.10. The number of nitrogen functional groups attached to an aromatic ring is 1. The van der Waals surface area contributed by atoms with Gasteiger partial charge >= 0.3 is 0 Å². The van der Waals surface area contributed by atoms with Crippen LogP contribution in [0.4, 0.5) is 5.95 Å². The highest BCUT2D eigenvalue weighted by Crippen LogP contribution is 2.35. The maximum atomic E-state index is 5.88. The molecule has 1 aromatic carbocycles. The third-order valence-electron chi connectivity index (χ3n) is 3.70. The minimum absolute atomic E-state index is 0.380. The van der Waals surface area contributed by atoms with Gasteiger partial charge in [0, 0.05) is 15.6 Å². The zero-order chi connectivity index (χ0) is 13.4. The van der Waals surface area contributed by atoms with Crippen molar-refractivity contribution >= 4 is 21.9 Å². The van der Waals surface area contributed by atoms with E-state index in [1.807, 2.05) is 12.1 Å². The van der Waals surface area contributed by atoms with E-state index in [1.54, 1.807) is 0 Å². The summed E-state index contributed by atoms with van der Waals surface area (Å²) in [6, 6.07) is 8.22. The number of benzene rings is 1. The number of anilines is 1. The van der Waals surface area contributed by atoms with Crippen molar-refractivity contribution in [2.75, 3.05) is 5.73 Å². The van der Waals surface area contributed by atoms with Gasteiger partial charge in [0.05, 0.1) is 11.4 Å². The Morgan fingerprint density at radius 3 is 2.68 bits per heavy atom. The maximum absolute atomic E-state index is 5.88. The Hall–Kier alpha value is -1.42. The summed E-state index contributed by atoms with van der Waals surface area (Å²) in [4.78, 5) is 8.93. The first kappa shape index (κ1) is 12.6. The fourth-order valence-corrected chi connectivity index (χ4v) is 3.01. The standard InChI is InChI=1S/C15H16BrN3/c1-9-3-2-4-12-13(9)18-15(17)19-14(12)10-5-7-11(16)8-6-10/h5-9H,2-4H2,1H3,(H2,17,18,19). The fraction of sp³-hybridized carbons (Fsp3) is 0.333. The molecule has 1 aliphatic carbocycles. The molecule has 2 N–H and O–H groups in total. The van der Waals surface area contributed by atoms with Gasteiger partial charge in [0.1, 0.15) is 0 Å². The van der Waals surface area contributed by atoms with E-state index in [2.05, 4.69) is 45.0 Å². The Kier molecular flexibility index (Phi) is 3.27. The quantitative estimate of drug-likeness (QED) is 0.867. The number of hydrogen-bond donors (Lipinski definition) is 1. The SMILES string of the molecule is CC1CCCc2c(-c3ccc(Br)cc3)nc(N)nc21. The third kappa shape index (κ3) is 2.37. The summed E-state index contributed by atoms with van der Waals surface area (Å²) in [7, 11) is 0. The summed E-state index contributed by atoms with van der Waals surface area (Å²) in [5.41, 5.74) is 10.4. The van der Waals surface area contributed by atoms with Crippen LogP contribution in [0.25, 0.3) is 11.3 Å². The topological polar surface area (TPSA) is 51.8 Å². The molecule has 3 rings (SSSR count). The van der Waals surface area contributed by atoms with Crippen molar-refractivity contribution in [1.82, 2.24) is 9.97 Å². The number of fused-ring (bicyclic) bond motifs is 1. The van der Waals surface area contributed by atoms with Crippen LogP contribution in [0.15, 0.2) is 28.7 Å². The second kappa shape index (κ2) is 4.93. The molecule has 98 valence electrons. The van der Waals surface area contributed by atoms with Crippen LogP contribution in [0.2, 0.25) is 0 Å². The van der Waals surface area contributed by atoms with Gasteiger partial charge in [-0.15, -0.1) is 0 Å². The van der Waals surface area contributed by atoms with Gasteiger partial charge in [0.2, 0.25) is 5.95 Å². The van der Waals surface area contributed by atoms with E-state index in [1.165, 1.54) is 18.4 Å². The summed E-state index contributed by atoms with van der Waals surface area (Å²) in [6.45, 7) is 2.22. The Morgan fingerprint density at radius 2 is 1.95 bits per heavy atom. The average Bonchev–Trinajstić information content (AvgIpc) is 2.40. The van der Waals surface area contributed by atoms with Crippen LogP contribution in [-0.4, -0.2) is 9.97 Å². The van der Waals surface area contributed by atoms with E-state index in [0.29, 0.717) is 11.9 Å². The maximum Gasteiger partial charge on any atom is 0.220 e. The molecule has 2 aromatic rings. The molecule has 1 unspecified atom stereocenters. The van der Waals surface area contributed by atoms with Gasteiger partial charge in [-0.2, -0.15) is 0 Å². The zero-order valence-electron chi connectivity index (χ0n) is 10.9. The summed E-state index contributed by atoms with van der Waals surface area (Å²) in [5.74, 6) is 0.855. The molecular weight excluding hydrogens is 302 g/mol. The molecule has 0 fully saturated rings. The molecule has 0 saturated heterocycles. The van der Waals surface area contributed by atoms with Gasteiger partial charge in [-0.1, -0.05) is 35.0 Å². The van der Waals surface area contributed by atoms with E-state index in [0.717, 1.165) is 27.8 Å². The van der Waals surface area contributed by atoms with Crippen molar-refractivity contribution in [3.05, 3.63) is 40.0 Å². The summed E-state index contributed by atoms with van der Waals surface area (Å²) >= 11 is 3.46. The second-order valence-electron chi connectivity index (χ2n) is 5.09. The highest BCUT2D eigenvalue weighted by atomic mass is 79.9. The molecule has 19 heavy (non-hydrogen) atoms. The normalized spacial score (nSPS) is 18.1. The number of aromatic nitrogens is 2. The summed E-state index contributed by atoms with van der Waals surface area (Å²) < 4.78 is 1.07. The van der Waals surface area contributed by atoms with Gasteiger partial charge in [0.15, 0.2) is 0 Å². The Morgan fingerprint density at radius 1 is 1.21 bits per heavy atom. The molecule has 3 nitrogen and oxygen atoms in total. The lowest BCUT2D eigenvalue weighted by Gasteiger charge is -2.23. The molecule has 0 amide bonds. The first-order chi connectivity index (χ1) is 9.15. The highest BCUT2D eigenvalue weighted by Gasteiger charge is 2.22. The van der Waals surface area contributed by atoms with Gasteiger partial charge in [-0.25, -0.2) is 9.97 Å². The molecule has 0 spiro atoms. The van der Waals surface area contributed by atoms with Crippen LogP contribution < -0.4 is 5.73 Å². The summed E-state index contributed by atoms with van der Waals surface area (Å²) in [6.07, 6.45) is 3.43. The first-order valence-corrected chi connectivity index (χ1v) is 7.36. The number of nitrogens with zero attached hydrogens (tertiary/aromatic N) is 2. The van der Waals surface area contributed by atoms with Crippen LogP contribution in [-0.2, 0) is 6.42 Å². The molecule has 4 heteroatoms. The van der Waals surface area contributed by atoms with Gasteiger partial charge in [0.25, 0.3) is 0 Å². The van der Waals surface area contributed by atoms with Crippen LogP contribution in [0.1, 0.15) is 36.9 Å². The van der Waals surface area contributed by atoms with Crippen molar-refractivity contribution in [1.29, 1.82) is 0 Å². The Labute approximate surface area is 121 Å². The molecule has 1 heterocycles. The molecule has 0 aliphatic heterocycles. The molecule has 0 radical (unpaired) electrons. The van der Waals surface area contributed by atoms with Crippen molar-refractivity contribution in [2.24, 2.45) is 0 Å². The van der Waals surface area contributed by atoms with E-state index >= 15 is 0 Å². The predicted molar refractivity (Wildman–Crippen MR) is 80.9 cm³/mol. The molecule has 0 saturated carbocycles.